The molecule has 0 aliphatic heterocycles. The summed E-state index contributed by atoms with van der Waals surface area (Å²) in [6.45, 7) is 0. The van der Waals surface area contributed by atoms with E-state index in [4.69, 9.17) is 0 Å². The summed E-state index contributed by atoms with van der Waals surface area (Å²) in [5, 5.41) is 5.74. The monoisotopic (exact) mass is 201 g/mol. The Labute approximate surface area is 77.7 Å². The van der Waals surface area contributed by atoms with E-state index < -0.39 is 11.9 Å². The molecule has 0 atom stereocenters. The van der Waals surface area contributed by atoms with Crippen LogP contribution in [0.5, 0.6) is 0 Å². The molecular weight excluding hydrogens is 194 g/mol. The van der Waals surface area contributed by atoms with E-state index in [1.165, 1.54) is 13.2 Å². The highest BCUT2D eigenvalue weighted by Gasteiger charge is 2.07. The molecule has 0 spiro atoms. The molecule has 1 rings (SSSR count). The minimum atomic E-state index is -0.495. The van der Waals surface area contributed by atoms with Gasteiger partial charge in [0.2, 0.25) is 0 Å². The molecule has 7 nitrogen and oxygen atoms in total. The number of hydrazine groups is 1. The molecule has 13 heavy (non-hydrogen) atoms. The Bertz CT molecular complexity index is 298. The van der Waals surface area contributed by atoms with Gasteiger partial charge in [0, 0.05) is 7.05 Å². The smallest absolute Gasteiger partial charge is 0.333 e. The van der Waals surface area contributed by atoms with Gasteiger partial charge in [0.25, 0.3) is 5.91 Å². The van der Waals surface area contributed by atoms with Crippen molar-refractivity contribution in [3.8, 4) is 0 Å². The average molecular weight is 201 g/mol. The van der Waals surface area contributed by atoms with Gasteiger partial charge in [-0.2, -0.15) is 0 Å². The minimum Gasteiger partial charge on any atom is -0.340 e. The molecule has 0 aromatic carbocycles. The van der Waals surface area contributed by atoms with Gasteiger partial charge in [0.1, 0.15) is 4.88 Å². The van der Waals surface area contributed by atoms with Crippen molar-refractivity contribution >= 4 is 23.5 Å². The molecule has 0 fully saturated rings. The zero-order chi connectivity index (χ0) is 9.68. The third-order valence-electron chi connectivity index (χ3n) is 1.10. The standard InChI is InChI=1S/C5H7N5O2S/c1-6-5(12)9-8-4(11)3-2-7-10-13-3/h2H,1H3,(H,8,11)(H2,6,9,12). The van der Waals surface area contributed by atoms with Gasteiger partial charge in [-0.25, -0.2) is 10.2 Å². The van der Waals surface area contributed by atoms with Crippen molar-refractivity contribution in [3.63, 3.8) is 0 Å². The second-order valence-corrected chi connectivity index (χ2v) is 2.73. The normalized spacial score (nSPS) is 9.00. The first-order valence-electron chi connectivity index (χ1n) is 3.29. The van der Waals surface area contributed by atoms with Gasteiger partial charge >= 0.3 is 6.03 Å². The molecule has 0 aliphatic carbocycles. The van der Waals surface area contributed by atoms with Gasteiger partial charge in [-0.3, -0.25) is 10.2 Å². The number of nitrogens with zero attached hydrogens (tertiary/aromatic N) is 2. The molecule has 1 heterocycles. The van der Waals surface area contributed by atoms with Crippen LogP contribution in [0.25, 0.3) is 0 Å². The van der Waals surface area contributed by atoms with Gasteiger partial charge < -0.3 is 5.32 Å². The van der Waals surface area contributed by atoms with Gasteiger partial charge in [-0.05, 0) is 11.5 Å². The van der Waals surface area contributed by atoms with Crippen LogP contribution < -0.4 is 16.2 Å². The number of hydrogen-bond donors (Lipinski definition) is 3. The van der Waals surface area contributed by atoms with Crippen LogP contribution in [0.15, 0.2) is 6.20 Å². The fourth-order valence-electron chi connectivity index (χ4n) is 0.505. The summed E-state index contributed by atoms with van der Waals surface area (Å²) in [5.41, 5.74) is 4.29. The van der Waals surface area contributed by atoms with Crippen LogP contribution in [0.1, 0.15) is 9.67 Å². The highest BCUT2D eigenvalue weighted by Crippen LogP contribution is 1.99. The Morgan fingerprint density at radius 2 is 2.23 bits per heavy atom. The number of rotatable bonds is 1. The SMILES string of the molecule is CNC(=O)NNC(=O)c1cnns1. The Hall–Kier alpha value is -1.70. The van der Waals surface area contributed by atoms with Gasteiger partial charge in [-0.15, -0.1) is 5.10 Å². The zero-order valence-corrected chi connectivity index (χ0v) is 7.51. The lowest BCUT2D eigenvalue weighted by Gasteiger charge is -2.03. The average Bonchev–Trinajstić information content (AvgIpc) is 2.66. The first-order chi connectivity index (χ1) is 6.24. The van der Waals surface area contributed by atoms with E-state index in [0.29, 0.717) is 4.88 Å². The van der Waals surface area contributed by atoms with Crippen molar-refractivity contribution in [2.24, 2.45) is 0 Å². The van der Waals surface area contributed by atoms with Gasteiger partial charge in [0.15, 0.2) is 0 Å². The maximum Gasteiger partial charge on any atom is 0.333 e. The zero-order valence-electron chi connectivity index (χ0n) is 6.70. The first kappa shape index (κ1) is 9.39. The molecule has 3 amide bonds. The number of hydrogen-bond acceptors (Lipinski definition) is 5. The third kappa shape index (κ3) is 2.67. The van der Waals surface area contributed by atoms with E-state index in [-0.39, 0.29) is 0 Å². The van der Waals surface area contributed by atoms with Crippen molar-refractivity contribution in [3.05, 3.63) is 11.1 Å². The number of aromatic nitrogens is 2. The molecule has 0 aliphatic rings. The lowest BCUT2D eigenvalue weighted by Crippen LogP contribution is -2.45. The number of carbonyl (C=O) groups excluding carboxylic acids is 2. The summed E-state index contributed by atoms with van der Waals surface area (Å²) in [6, 6.07) is -0.495. The quantitative estimate of drug-likeness (QED) is 0.514. The molecule has 0 saturated heterocycles. The largest absolute Gasteiger partial charge is 0.340 e. The minimum absolute atomic E-state index is 0.330. The number of urea groups is 1. The highest BCUT2D eigenvalue weighted by atomic mass is 32.1. The molecule has 3 N–H and O–H groups in total. The van der Waals surface area contributed by atoms with E-state index in [1.54, 1.807) is 0 Å². The van der Waals surface area contributed by atoms with Crippen LogP contribution in [0, 0.1) is 0 Å². The highest BCUT2D eigenvalue weighted by molar-refractivity contribution is 7.07. The molecule has 0 saturated carbocycles. The molecular formula is C5H7N5O2S. The summed E-state index contributed by atoms with van der Waals surface area (Å²) in [6.07, 6.45) is 1.31. The van der Waals surface area contributed by atoms with E-state index in [2.05, 4.69) is 25.8 Å². The summed E-state index contributed by atoms with van der Waals surface area (Å²) < 4.78 is 3.49. The van der Waals surface area contributed by atoms with Crippen molar-refractivity contribution in [1.82, 2.24) is 25.8 Å². The fraction of sp³-hybridized carbons (Fsp3) is 0.200. The Morgan fingerprint density at radius 3 is 2.77 bits per heavy atom. The Morgan fingerprint density at radius 1 is 1.46 bits per heavy atom. The van der Waals surface area contributed by atoms with E-state index in [9.17, 15) is 9.59 Å². The first-order valence-corrected chi connectivity index (χ1v) is 4.07. The Balaban J connectivity index is 2.39. The van der Waals surface area contributed by atoms with Crippen LogP contribution >= 0.6 is 11.5 Å². The molecule has 8 heteroatoms. The Kier molecular flexibility index (Phi) is 3.15. The van der Waals surface area contributed by atoms with Gasteiger partial charge in [0.05, 0.1) is 6.20 Å². The summed E-state index contributed by atoms with van der Waals surface area (Å²) >= 11 is 0.945. The van der Waals surface area contributed by atoms with Gasteiger partial charge in [-0.1, -0.05) is 4.49 Å². The summed E-state index contributed by atoms with van der Waals surface area (Å²) in [4.78, 5) is 22.1. The lowest BCUT2D eigenvalue weighted by atomic mass is 10.5. The molecule has 70 valence electrons. The van der Waals surface area contributed by atoms with E-state index in [1.807, 2.05) is 0 Å². The predicted molar refractivity (Wildman–Crippen MR) is 45.0 cm³/mol. The van der Waals surface area contributed by atoms with Crippen LogP contribution in [0.2, 0.25) is 0 Å². The predicted octanol–water partition coefficient (Wildman–Crippen LogP) is -0.888. The van der Waals surface area contributed by atoms with Crippen LogP contribution in [0.3, 0.4) is 0 Å². The second kappa shape index (κ2) is 4.36. The van der Waals surface area contributed by atoms with Crippen molar-refractivity contribution in [2.75, 3.05) is 7.05 Å². The van der Waals surface area contributed by atoms with Crippen molar-refractivity contribution in [2.45, 2.75) is 0 Å². The van der Waals surface area contributed by atoms with Crippen molar-refractivity contribution < 1.29 is 9.59 Å². The lowest BCUT2D eigenvalue weighted by molar-refractivity contribution is 0.0940. The maximum atomic E-state index is 11.1. The molecule has 1 aromatic rings. The maximum absolute atomic E-state index is 11.1. The summed E-state index contributed by atoms with van der Waals surface area (Å²) in [5.74, 6) is -0.446. The molecule has 0 unspecified atom stereocenters. The number of carbonyl (C=O) groups is 2. The third-order valence-corrected chi connectivity index (χ3v) is 1.77. The van der Waals surface area contributed by atoms with Crippen LogP contribution in [-0.2, 0) is 0 Å². The molecule has 1 aromatic heterocycles. The van der Waals surface area contributed by atoms with E-state index >= 15 is 0 Å². The van der Waals surface area contributed by atoms with E-state index in [0.717, 1.165) is 11.5 Å². The van der Waals surface area contributed by atoms with Crippen LogP contribution in [0.4, 0.5) is 4.79 Å². The van der Waals surface area contributed by atoms with Crippen molar-refractivity contribution in [1.29, 1.82) is 0 Å². The second-order valence-electron chi connectivity index (χ2n) is 1.94. The number of nitrogens with one attached hydrogen (secondary N) is 3. The molecule has 0 radical (unpaired) electrons. The topological polar surface area (TPSA) is 96.0 Å². The summed E-state index contributed by atoms with van der Waals surface area (Å²) in [7, 11) is 1.44. The molecule has 0 bridgehead atoms. The fourth-order valence-corrected chi connectivity index (χ4v) is 0.915. The van der Waals surface area contributed by atoms with Crippen LogP contribution in [-0.4, -0.2) is 28.6 Å². The number of amides is 3.